The van der Waals surface area contributed by atoms with E-state index in [0.717, 1.165) is 56.4 Å². The van der Waals surface area contributed by atoms with Gasteiger partial charge in [0, 0.05) is 53.4 Å². The Balaban J connectivity index is 1.13. The highest BCUT2D eigenvalue weighted by Gasteiger charge is 2.37. The molecule has 1 aliphatic rings. The molecule has 0 saturated heterocycles. The van der Waals surface area contributed by atoms with Crippen LogP contribution in [-0.2, 0) is 5.41 Å². The molecule has 3 heterocycles. The molecule has 0 bridgehead atoms. The lowest BCUT2D eigenvalue weighted by molar-refractivity contribution is 0.483. The Morgan fingerprint density at radius 3 is 2.08 bits per heavy atom. The summed E-state index contributed by atoms with van der Waals surface area (Å²) in [5.74, 6) is 0.948. The molecule has 0 amide bonds. The van der Waals surface area contributed by atoms with Gasteiger partial charge in [0.2, 0.25) is 11.4 Å². The SMILES string of the molecule is CC(C)(C)c1ccnc(-n2c3ccccc3c3ccc(Oc4cccc([N+]5=C=[N+](c6ccccc6-c6cc(F)cc(F)c6)c6ccccc65)c4)cc32)c1. The zero-order valence-electron chi connectivity index (χ0n) is 29.4. The monoisotopic (exact) mass is 696 g/mol. The van der Waals surface area contributed by atoms with Gasteiger partial charge in [-0.2, -0.15) is 0 Å². The fraction of sp³-hybridized carbons (Fsp3) is 0.0870. The van der Waals surface area contributed by atoms with E-state index < -0.39 is 11.6 Å². The summed E-state index contributed by atoms with van der Waals surface area (Å²) >= 11 is 0. The van der Waals surface area contributed by atoms with Gasteiger partial charge in [0.15, 0.2) is 0 Å². The van der Waals surface area contributed by atoms with E-state index in [2.05, 4.69) is 79.9 Å². The van der Waals surface area contributed by atoms with E-state index in [4.69, 9.17) is 9.72 Å². The Labute approximate surface area is 305 Å². The lowest BCUT2D eigenvalue weighted by Gasteiger charge is -2.20. The lowest BCUT2D eigenvalue weighted by Crippen LogP contribution is -2.12. The van der Waals surface area contributed by atoms with Gasteiger partial charge in [-0.05, 0) is 80.3 Å². The van der Waals surface area contributed by atoms with Gasteiger partial charge >= 0.3 is 6.01 Å². The van der Waals surface area contributed by atoms with E-state index in [9.17, 15) is 8.78 Å². The number of hydrogen-bond donors (Lipinski definition) is 0. The number of aromatic nitrogens is 2. The summed E-state index contributed by atoms with van der Waals surface area (Å²) < 4.78 is 41.3. The summed E-state index contributed by atoms with van der Waals surface area (Å²) in [6.07, 6.45) is 1.88. The minimum absolute atomic E-state index is 0.0262. The van der Waals surface area contributed by atoms with E-state index in [0.29, 0.717) is 22.6 Å². The van der Waals surface area contributed by atoms with Crippen LogP contribution < -0.4 is 13.9 Å². The Hall–Kier alpha value is -6.69. The summed E-state index contributed by atoms with van der Waals surface area (Å²) in [5, 5.41) is 2.26. The average molecular weight is 697 g/mol. The fourth-order valence-corrected chi connectivity index (χ4v) is 7.14. The Kier molecular flexibility index (Phi) is 7.61. The van der Waals surface area contributed by atoms with Crippen LogP contribution in [0, 0.1) is 11.6 Å². The average Bonchev–Trinajstić information content (AvgIpc) is 3.70. The molecule has 53 heavy (non-hydrogen) atoms. The number of para-hydroxylation sites is 4. The third kappa shape index (κ3) is 5.78. The van der Waals surface area contributed by atoms with Gasteiger partial charge < -0.3 is 4.74 Å². The number of benzene rings is 6. The molecule has 0 atom stereocenters. The molecule has 0 unspecified atom stereocenters. The third-order valence-corrected chi connectivity index (χ3v) is 9.68. The zero-order chi connectivity index (χ0) is 36.3. The van der Waals surface area contributed by atoms with Gasteiger partial charge in [-0.1, -0.05) is 69.3 Å². The molecule has 0 aliphatic carbocycles. The maximum absolute atomic E-state index is 14.3. The second-order valence-electron chi connectivity index (χ2n) is 14.2. The second kappa shape index (κ2) is 12.5. The summed E-state index contributed by atoms with van der Waals surface area (Å²) in [6.45, 7) is 6.63. The first-order valence-electron chi connectivity index (χ1n) is 17.5. The van der Waals surface area contributed by atoms with Crippen LogP contribution in [0.2, 0.25) is 0 Å². The molecule has 256 valence electrons. The van der Waals surface area contributed by atoms with Gasteiger partial charge in [0.25, 0.3) is 11.4 Å². The largest absolute Gasteiger partial charge is 0.503 e. The molecule has 0 saturated carbocycles. The molecule has 7 heteroatoms. The Bertz CT molecular complexity index is 2800. The number of nitrogens with zero attached hydrogens (tertiary/aromatic N) is 4. The predicted molar refractivity (Wildman–Crippen MR) is 210 cm³/mol. The predicted octanol–water partition coefficient (Wildman–Crippen LogP) is 12.1. The molecule has 0 N–H and O–H groups in total. The van der Waals surface area contributed by atoms with Crippen LogP contribution in [0.15, 0.2) is 152 Å². The molecule has 0 spiro atoms. The highest BCUT2D eigenvalue weighted by Crippen LogP contribution is 2.41. The molecule has 0 fully saturated rings. The van der Waals surface area contributed by atoms with Crippen molar-refractivity contribution in [1.82, 2.24) is 18.7 Å². The van der Waals surface area contributed by atoms with E-state index in [1.165, 1.54) is 17.7 Å². The van der Waals surface area contributed by atoms with Crippen molar-refractivity contribution < 1.29 is 13.5 Å². The van der Waals surface area contributed by atoms with Crippen molar-refractivity contribution in [2.75, 3.05) is 0 Å². The molecule has 1 aliphatic heterocycles. The Morgan fingerprint density at radius 1 is 0.604 bits per heavy atom. The summed E-state index contributed by atoms with van der Waals surface area (Å²) in [7, 11) is 0. The fourth-order valence-electron chi connectivity index (χ4n) is 7.14. The van der Waals surface area contributed by atoms with Crippen molar-refractivity contribution in [2.24, 2.45) is 0 Å². The first kappa shape index (κ1) is 32.2. The minimum Gasteiger partial charge on any atom is -0.457 e. The quantitative estimate of drug-likeness (QED) is 0.162. The van der Waals surface area contributed by atoms with Crippen LogP contribution >= 0.6 is 0 Å². The van der Waals surface area contributed by atoms with E-state index in [1.54, 1.807) is 0 Å². The normalized spacial score (nSPS) is 12.5. The van der Waals surface area contributed by atoms with Crippen LogP contribution in [0.1, 0.15) is 26.3 Å². The lowest BCUT2D eigenvalue weighted by atomic mass is 9.88. The van der Waals surface area contributed by atoms with E-state index in [-0.39, 0.29) is 5.41 Å². The number of fused-ring (bicyclic) bond motifs is 4. The van der Waals surface area contributed by atoms with Crippen molar-refractivity contribution in [3.63, 3.8) is 0 Å². The molecular formula is C46H34F2N4O+2. The van der Waals surface area contributed by atoms with Crippen LogP contribution in [0.5, 0.6) is 11.5 Å². The smallest absolute Gasteiger partial charge is 0.457 e. The molecule has 2 aromatic heterocycles. The van der Waals surface area contributed by atoms with Crippen molar-refractivity contribution in [1.29, 1.82) is 0 Å². The van der Waals surface area contributed by atoms with Crippen molar-refractivity contribution >= 4 is 50.6 Å². The zero-order valence-corrected chi connectivity index (χ0v) is 29.4. The van der Waals surface area contributed by atoms with Gasteiger partial charge in [-0.3, -0.25) is 4.57 Å². The number of rotatable bonds is 6. The number of halogens is 2. The van der Waals surface area contributed by atoms with E-state index >= 15 is 0 Å². The number of ether oxygens (including phenoxy) is 1. The van der Waals surface area contributed by atoms with Crippen molar-refractivity contribution in [2.45, 2.75) is 26.2 Å². The summed E-state index contributed by atoms with van der Waals surface area (Å²) in [4.78, 5) is 4.81. The van der Waals surface area contributed by atoms with Gasteiger partial charge in [-0.25, -0.2) is 13.8 Å². The highest BCUT2D eigenvalue weighted by molar-refractivity contribution is 6.09. The van der Waals surface area contributed by atoms with Crippen LogP contribution in [-0.4, -0.2) is 15.6 Å². The van der Waals surface area contributed by atoms with Crippen LogP contribution in [0.3, 0.4) is 0 Å². The van der Waals surface area contributed by atoms with Gasteiger partial charge in [0.05, 0.1) is 22.7 Å². The standard InChI is InChI=1S/C46H34F2N4O/c1-46(2,3)31-21-22-49-45(25-31)52-41-16-7-5-14-38(41)39-20-19-36(28-44(39)52)53-35-12-10-11-34(27-35)50-29-51(43-18-9-8-17-42(43)50)40-15-6-4-13-37(40)30-23-32(47)26-33(48)24-30/h4-28H,1-3H3/q+2. The Morgan fingerprint density at radius 2 is 1.28 bits per heavy atom. The van der Waals surface area contributed by atoms with Crippen molar-refractivity contribution in [3.8, 4) is 28.4 Å². The summed E-state index contributed by atoms with van der Waals surface area (Å²) in [5.41, 5.74) is 7.75. The maximum atomic E-state index is 14.3. The first-order valence-corrected chi connectivity index (χ1v) is 17.5. The minimum atomic E-state index is -0.630. The van der Waals surface area contributed by atoms with Crippen LogP contribution in [0.25, 0.3) is 38.8 Å². The molecule has 5 nitrogen and oxygen atoms in total. The highest BCUT2D eigenvalue weighted by atomic mass is 19.1. The molecule has 0 radical (unpaired) electrons. The first-order chi connectivity index (χ1) is 25.7. The van der Waals surface area contributed by atoms with Crippen molar-refractivity contribution in [3.05, 3.63) is 169 Å². The third-order valence-electron chi connectivity index (χ3n) is 9.68. The van der Waals surface area contributed by atoms with E-state index in [1.807, 2.05) is 94.2 Å². The molecule has 8 aromatic rings. The van der Waals surface area contributed by atoms with Gasteiger partial charge in [0.1, 0.15) is 29.0 Å². The maximum Gasteiger partial charge on any atom is 0.503 e. The molecule has 9 rings (SSSR count). The number of hydrogen-bond acceptors (Lipinski definition) is 2. The van der Waals surface area contributed by atoms with Crippen LogP contribution in [0.4, 0.5) is 31.5 Å². The van der Waals surface area contributed by atoms with Gasteiger partial charge in [-0.15, -0.1) is 0 Å². The molecular weight excluding hydrogens is 663 g/mol. The number of pyridine rings is 1. The molecule has 6 aromatic carbocycles. The summed E-state index contributed by atoms with van der Waals surface area (Å²) in [6, 6.07) is 49.3. The topological polar surface area (TPSA) is 33.1 Å². The second-order valence-corrected chi connectivity index (χ2v) is 14.2.